The van der Waals surface area contributed by atoms with Crippen LogP contribution in [0, 0.1) is 0 Å². The molecule has 2 aromatic heterocycles. The number of thiazole rings is 2. The lowest BCUT2D eigenvalue weighted by Gasteiger charge is -2.34. The van der Waals surface area contributed by atoms with Gasteiger partial charge in [0.25, 0.3) is 0 Å². The molecule has 0 spiro atoms. The van der Waals surface area contributed by atoms with Gasteiger partial charge in [-0.1, -0.05) is 34.3 Å². The minimum Gasteiger partial charge on any atom is -0.497 e. The van der Waals surface area contributed by atoms with E-state index in [0.29, 0.717) is 0 Å². The quantitative estimate of drug-likeness (QED) is 0.475. The van der Waals surface area contributed by atoms with E-state index in [1.807, 2.05) is 30.3 Å². The molecule has 0 saturated carbocycles. The monoisotopic (exact) mass is 416 g/mol. The van der Waals surface area contributed by atoms with Crippen molar-refractivity contribution in [3.8, 4) is 5.75 Å². The number of fused-ring (bicyclic) bond motifs is 2. The molecule has 1 saturated heterocycles. The topological polar surface area (TPSA) is 41.5 Å². The molecule has 1 fully saturated rings. The lowest BCUT2D eigenvalue weighted by atomic mass is 10.3. The Bertz CT molecular complexity index is 1120. The first-order valence-corrected chi connectivity index (χ1v) is 10.7. The highest BCUT2D eigenvalue weighted by Crippen LogP contribution is 2.34. The van der Waals surface area contributed by atoms with Crippen molar-refractivity contribution in [3.05, 3.63) is 41.4 Å². The van der Waals surface area contributed by atoms with E-state index in [-0.39, 0.29) is 0 Å². The third-order valence-electron chi connectivity index (χ3n) is 4.74. The third-order valence-corrected chi connectivity index (χ3v) is 7.14. The molecule has 27 heavy (non-hydrogen) atoms. The SMILES string of the molecule is COc1ccc2nc(N3CCN(c4nc5ccc(Cl)cc5s4)CC3)sc2c1. The Balaban J connectivity index is 1.33. The Morgan fingerprint density at radius 3 is 2.00 bits per heavy atom. The molecule has 0 bridgehead atoms. The Kier molecular flexibility index (Phi) is 4.30. The molecule has 138 valence electrons. The minimum atomic E-state index is 0.759. The summed E-state index contributed by atoms with van der Waals surface area (Å²) in [6.45, 7) is 3.75. The van der Waals surface area contributed by atoms with Gasteiger partial charge in [-0.05, 0) is 36.4 Å². The van der Waals surface area contributed by atoms with Gasteiger partial charge in [-0.3, -0.25) is 0 Å². The van der Waals surface area contributed by atoms with Gasteiger partial charge in [0.05, 0.1) is 27.5 Å². The third kappa shape index (κ3) is 3.20. The Morgan fingerprint density at radius 2 is 1.41 bits per heavy atom. The van der Waals surface area contributed by atoms with Crippen LogP contribution in [0.15, 0.2) is 36.4 Å². The van der Waals surface area contributed by atoms with Crippen molar-refractivity contribution in [1.29, 1.82) is 0 Å². The molecule has 4 aromatic rings. The summed E-state index contributed by atoms with van der Waals surface area (Å²) < 4.78 is 7.62. The maximum absolute atomic E-state index is 6.10. The van der Waals surface area contributed by atoms with Crippen LogP contribution in [0.5, 0.6) is 5.75 Å². The van der Waals surface area contributed by atoms with Crippen LogP contribution in [0.2, 0.25) is 5.02 Å². The molecule has 5 nitrogen and oxygen atoms in total. The molecule has 0 radical (unpaired) electrons. The summed E-state index contributed by atoms with van der Waals surface area (Å²) in [4.78, 5) is 14.3. The fourth-order valence-corrected chi connectivity index (χ4v) is 5.60. The van der Waals surface area contributed by atoms with Gasteiger partial charge in [0, 0.05) is 31.2 Å². The number of halogens is 1. The summed E-state index contributed by atoms with van der Waals surface area (Å²) >= 11 is 9.53. The smallest absolute Gasteiger partial charge is 0.186 e. The largest absolute Gasteiger partial charge is 0.497 e. The van der Waals surface area contributed by atoms with E-state index in [9.17, 15) is 0 Å². The lowest BCUT2D eigenvalue weighted by molar-refractivity contribution is 0.415. The van der Waals surface area contributed by atoms with Crippen molar-refractivity contribution in [2.45, 2.75) is 0 Å². The van der Waals surface area contributed by atoms with Gasteiger partial charge in [-0.25, -0.2) is 9.97 Å². The number of hydrogen-bond acceptors (Lipinski definition) is 7. The van der Waals surface area contributed by atoms with Crippen molar-refractivity contribution in [2.75, 3.05) is 43.1 Å². The summed E-state index contributed by atoms with van der Waals surface area (Å²) in [5.74, 6) is 0.874. The molecule has 2 aromatic carbocycles. The summed E-state index contributed by atoms with van der Waals surface area (Å²) in [5, 5.41) is 2.91. The second kappa shape index (κ2) is 6.82. The fraction of sp³-hybridized carbons (Fsp3) is 0.263. The van der Waals surface area contributed by atoms with E-state index in [1.54, 1.807) is 29.8 Å². The summed E-state index contributed by atoms with van der Waals surface area (Å²) in [6, 6.07) is 11.9. The first kappa shape index (κ1) is 17.0. The van der Waals surface area contributed by atoms with Crippen LogP contribution in [0.3, 0.4) is 0 Å². The number of aromatic nitrogens is 2. The Hall–Kier alpha value is -2.09. The predicted molar refractivity (Wildman–Crippen MR) is 115 cm³/mol. The molecule has 1 aliphatic heterocycles. The average molecular weight is 417 g/mol. The second-order valence-corrected chi connectivity index (χ2v) is 8.87. The normalized spacial score (nSPS) is 15.0. The molecule has 0 unspecified atom stereocenters. The molecule has 8 heteroatoms. The van der Waals surface area contributed by atoms with Crippen molar-refractivity contribution >= 4 is 65.0 Å². The van der Waals surface area contributed by atoms with Crippen LogP contribution in [-0.2, 0) is 0 Å². The minimum absolute atomic E-state index is 0.759. The molecule has 0 N–H and O–H groups in total. The van der Waals surface area contributed by atoms with Gasteiger partial charge in [0.15, 0.2) is 10.3 Å². The zero-order valence-corrected chi connectivity index (χ0v) is 17.1. The number of ether oxygens (including phenoxy) is 1. The first-order valence-electron chi connectivity index (χ1n) is 8.70. The highest BCUT2D eigenvalue weighted by molar-refractivity contribution is 7.22. The van der Waals surface area contributed by atoms with Crippen LogP contribution in [0.25, 0.3) is 20.4 Å². The first-order chi connectivity index (χ1) is 13.2. The van der Waals surface area contributed by atoms with E-state index in [4.69, 9.17) is 26.3 Å². The van der Waals surface area contributed by atoms with Crippen molar-refractivity contribution in [3.63, 3.8) is 0 Å². The Morgan fingerprint density at radius 1 is 0.852 bits per heavy atom. The molecule has 0 atom stereocenters. The van der Waals surface area contributed by atoms with Crippen LogP contribution < -0.4 is 14.5 Å². The molecule has 3 heterocycles. The van der Waals surface area contributed by atoms with Gasteiger partial charge >= 0.3 is 0 Å². The van der Waals surface area contributed by atoms with Crippen LogP contribution in [0.4, 0.5) is 10.3 Å². The average Bonchev–Trinajstić information content (AvgIpc) is 3.31. The van der Waals surface area contributed by atoms with E-state index in [0.717, 1.165) is 67.6 Å². The maximum Gasteiger partial charge on any atom is 0.186 e. The highest BCUT2D eigenvalue weighted by atomic mass is 35.5. The van der Waals surface area contributed by atoms with Gasteiger partial charge in [0.2, 0.25) is 0 Å². The summed E-state index contributed by atoms with van der Waals surface area (Å²) in [6.07, 6.45) is 0. The van der Waals surface area contributed by atoms with E-state index < -0.39 is 0 Å². The number of benzene rings is 2. The fourth-order valence-electron chi connectivity index (χ4n) is 3.27. The Labute approximate surface area is 169 Å². The number of methoxy groups -OCH3 is 1. The molecular formula is C19H17ClN4OS2. The van der Waals surface area contributed by atoms with Crippen molar-refractivity contribution in [2.24, 2.45) is 0 Å². The van der Waals surface area contributed by atoms with E-state index in [2.05, 4.69) is 15.9 Å². The second-order valence-electron chi connectivity index (χ2n) is 6.41. The van der Waals surface area contributed by atoms with Gasteiger partial charge < -0.3 is 14.5 Å². The van der Waals surface area contributed by atoms with Crippen molar-refractivity contribution in [1.82, 2.24) is 9.97 Å². The van der Waals surface area contributed by atoms with Gasteiger partial charge in [-0.15, -0.1) is 0 Å². The predicted octanol–water partition coefficient (Wildman–Crippen LogP) is 4.89. The molecular weight excluding hydrogens is 400 g/mol. The summed E-state index contributed by atoms with van der Waals surface area (Å²) in [7, 11) is 1.69. The maximum atomic E-state index is 6.10. The molecule has 0 amide bonds. The van der Waals surface area contributed by atoms with Gasteiger partial charge in [-0.2, -0.15) is 0 Å². The molecule has 5 rings (SSSR count). The van der Waals surface area contributed by atoms with Crippen LogP contribution >= 0.6 is 34.3 Å². The summed E-state index contributed by atoms with van der Waals surface area (Å²) in [5.41, 5.74) is 2.04. The van der Waals surface area contributed by atoms with Crippen molar-refractivity contribution < 1.29 is 4.74 Å². The van der Waals surface area contributed by atoms with Crippen LogP contribution in [-0.4, -0.2) is 43.3 Å². The number of hydrogen-bond donors (Lipinski definition) is 0. The zero-order valence-electron chi connectivity index (χ0n) is 14.7. The van der Waals surface area contributed by atoms with E-state index >= 15 is 0 Å². The zero-order chi connectivity index (χ0) is 18.4. The van der Waals surface area contributed by atoms with Gasteiger partial charge in [0.1, 0.15) is 5.75 Å². The number of rotatable bonds is 3. The van der Waals surface area contributed by atoms with Crippen LogP contribution in [0.1, 0.15) is 0 Å². The number of piperazine rings is 1. The standard InChI is InChI=1S/C19H17ClN4OS2/c1-25-13-3-5-15-17(11-13)27-19(22-15)24-8-6-23(7-9-24)18-21-14-4-2-12(20)10-16(14)26-18/h2-5,10-11H,6-9H2,1H3. The van der Waals surface area contributed by atoms with E-state index in [1.165, 1.54) is 0 Å². The number of nitrogens with zero attached hydrogens (tertiary/aromatic N) is 4. The number of anilines is 2. The lowest BCUT2D eigenvalue weighted by Crippen LogP contribution is -2.46. The highest BCUT2D eigenvalue weighted by Gasteiger charge is 2.22. The molecule has 1 aliphatic rings. The molecule has 0 aliphatic carbocycles.